The summed E-state index contributed by atoms with van der Waals surface area (Å²) >= 11 is 0. The molecule has 19 nitrogen and oxygen atoms in total. The zero-order valence-corrected chi connectivity index (χ0v) is 45.3. The van der Waals surface area contributed by atoms with Gasteiger partial charge in [0.05, 0.1) is 65.8 Å². The number of anilines is 1. The van der Waals surface area contributed by atoms with Gasteiger partial charge in [0, 0.05) is 25.1 Å². The molecule has 0 unspecified atom stereocenters. The number of aliphatic hydroxyl groups is 1. The number of methoxy groups -OCH3 is 5. The predicted octanol–water partition coefficient (Wildman–Crippen LogP) is 5.94. The molecule has 416 valence electrons. The topological polar surface area (TPSA) is 226 Å². The fourth-order valence-corrected chi connectivity index (χ4v) is 11.8. The third kappa shape index (κ3) is 10.0. The Morgan fingerprint density at radius 3 is 2.01 bits per heavy atom. The van der Waals surface area contributed by atoms with Gasteiger partial charge in [-0.2, -0.15) is 0 Å². The molecule has 0 radical (unpaired) electrons. The lowest BCUT2D eigenvalue weighted by Gasteiger charge is -2.46. The Morgan fingerprint density at radius 1 is 0.750 bits per heavy atom. The van der Waals surface area contributed by atoms with E-state index in [1.807, 2.05) is 71.6 Å². The lowest BCUT2D eigenvalue weighted by Crippen LogP contribution is -2.58. The number of ether oxygens (including phenoxy) is 7. The third-order valence-corrected chi connectivity index (χ3v) is 15.4. The summed E-state index contributed by atoms with van der Waals surface area (Å²) in [5, 5.41) is 12.7. The minimum atomic E-state index is -2.27. The molecule has 1 spiro atoms. The number of esters is 4. The second kappa shape index (κ2) is 23.7. The number of benzene rings is 5. The van der Waals surface area contributed by atoms with Gasteiger partial charge in [-0.1, -0.05) is 98.5 Å². The van der Waals surface area contributed by atoms with Crippen molar-refractivity contribution in [3.63, 3.8) is 0 Å². The number of rotatable bonds is 15. The molecule has 2 saturated heterocycles. The average molecular weight is 1090 g/mol. The van der Waals surface area contributed by atoms with Crippen molar-refractivity contribution in [2.45, 2.75) is 68.9 Å². The molecule has 19 heteroatoms. The number of carbonyl (C=O) groups is 7. The van der Waals surface area contributed by atoms with Crippen molar-refractivity contribution < 1.29 is 71.8 Å². The highest BCUT2D eigenvalue weighted by molar-refractivity contribution is 6.25. The molecule has 2 fully saturated rings. The highest BCUT2D eigenvalue weighted by atomic mass is 16.6. The first-order valence-electron chi connectivity index (χ1n) is 26.1. The van der Waals surface area contributed by atoms with Gasteiger partial charge in [0.15, 0.2) is 17.4 Å². The van der Waals surface area contributed by atoms with Crippen molar-refractivity contribution in [1.29, 1.82) is 0 Å². The van der Waals surface area contributed by atoms with Gasteiger partial charge in [-0.3, -0.25) is 28.9 Å². The normalized spacial score (nSPS) is 21.3. The predicted molar refractivity (Wildman–Crippen MR) is 288 cm³/mol. The molecular weight excluding hydrogens is 1030 g/mol. The largest absolute Gasteiger partial charge is 0.493 e. The number of nitrogens with zero attached hydrogens (tertiary/aromatic N) is 3. The highest BCUT2D eigenvalue weighted by Gasteiger charge is 2.76. The van der Waals surface area contributed by atoms with Gasteiger partial charge in [0.1, 0.15) is 36.0 Å². The first kappa shape index (κ1) is 56.0. The fraction of sp³-hybridized carbons (Fsp3) is 0.361. The number of hydrogen-bond acceptors (Lipinski definition) is 16. The average Bonchev–Trinajstić information content (AvgIpc) is 4.01. The molecule has 5 aromatic rings. The number of imide groups is 1. The minimum Gasteiger partial charge on any atom is -0.493 e. The molecule has 0 aromatic heterocycles. The molecule has 0 bridgehead atoms. The van der Waals surface area contributed by atoms with E-state index >= 15 is 19.2 Å². The van der Waals surface area contributed by atoms with Crippen molar-refractivity contribution in [2.75, 3.05) is 60.2 Å². The summed E-state index contributed by atoms with van der Waals surface area (Å²) in [4.78, 5) is 108. The van der Waals surface area contributed by atoms with Gasteiger partial charge in [0.25, 0.3) is 0 Å². The van der Waals surface area contributed by atoms with Crippen molar-refractivity contribution in [2.24, 2.45) is 17.8 Å². The van der Waals surface area contributed by atoms with Crippen LogP contribution in [0.15, 0.2) is 115 Å². The Labute approximate surface area is 462 Å². The van der Waals surface area contributed by atoms with Crippen LogP contribution in [-0.4, -0.2) is 124 Å². The standard InChI is InChI=1S/C61H62N4O15/c1-35(2)49(57(70)78-7)62-60(73)64-45-25-24-36(16-14-23-43(55(68)76-5)56(69)77-6)30-44(45)61(59(64)72)48(54(67)63-27-26-39-32-46(74-3)47(75-4)33-41(39)34-63)51-58(71)80-52(38-19-12-9-13-20-38)50(37-17-10-8-11-18-37)65(51)53(61)40-21-15-22-42(31-40)79-29-28-66/h8-13,15,17-22,24-25,30-33,35,43,48-53,66H,23,26-29,34H2,1-7H3,(H,62,73)/t48-,49+,50-,51-,52+,53+,61-/m1/s1. The van der Waals surface area contributed by atoms with Gasteiger partial charge >= 0.3 is 29.9 Å². The van der Waals surface area contributed by atoms with Crippen LogP contribution in [0, 0.1) is 29.6 Å². The molecule has 5 aromatic carbocycles. The monoisotopic (exact) mass is 1090 g/mol. The van der Waals surface area contributed by atoms with Crippen molar-refractivity contribution in [1.82, 2.24) is 15.1 Å². The van der Waals surface area contributed by atoms with E-state index in [4.69, 9.17) is 33.2 Å². The van der Waals surface area contributed by atoms with Crippen LogP contribution >= 0.6 is 0 Å². The second-order valence-corrected chi connectivity index (χ2v) is 20.1. The highest BCUT2D eigenvalue weighted by Crippen LogP contribution is 2.66. The number of cyclic esters (lactones) is 1. The summed E-state index contributed by atoms with van der Waals surface area (Å²) in [6, 6.07) is 27.4. The zero-order chi connectivity index (χ0) is 57.0. The van der Waals surface area contributed by atoms with Crippen LogP contribution in [0.2, 0.25) is 0 Å². The molecule has 4 amide bonds. The number of carbonyl (C=O) groups excluding carboxylic acids is 7. The minimum absolute atomic E-state index is 0.00723. The van der Waals surface area contributed by atoms with Gasteiger partial charge in [0.2, 0.25) is 11.8 Å². The Hall–Kier alpha value is -8.73. The van der Waals surface area contributed by atoms with Gasteiger partial charge in [-0.25, -0.2) is 14.5 Å². The van der Waals surface area contributed by atoms with E-state index in [0.717, 1.165) is 30.2 Å². The van der Waals surface area contributed by atoms with E-state index in [1.54, 1.807) is 55.1 Å². The maximum Gasteiger partial charge on any atom is 0.329 e. The number of aliphatic hydroxyl groups excluding tert-OH is 1. The maximum absolute atomic E-state index is 17.1. The molecule has 80 heavy (non-hydrogen) atoms. The number of fused-ring (bicyclic) bond motifs is 4. The van der Waals surface area contributed by atoms with Crippen LogP contribution in [0.4, 0.5) is 10.5 Å². The first-order valence-corrected chi connectivity index (χ1v) is 26.1. The van der Waals surface area contributed by atoms with E-state index in [9.17, 15) is 19.5 Å². The number of morpholine rings is 1. The van der Waals surface area contributed by atoms with E-state index in [2.05, 4.69) is 17.2 Å². The number of hydrogen-bond donors (Lipinski definition) is 2. The molecule has 0 aliphatic carbocycles. The SMILES string of the molecule is COC(=O)C(CC#Cc1ccc2c(c1)[C@]1(C(=O)N2C(=O)N[C@H](C(=O)OC)C(C)C)[C@H](c2cccc(OCCO)c2)N2[C@H](c3ccccc3)[C@H](c3ccccc3)OC(=O)[C@H]2[C@@H]1C(=O)N1CCc2cc(OC)c(OC)cc2C1)C(=O)OC. The lowest BCUT2D eigenvalue weighted by molar-refractivity contribution is -0.179. The Balaban J connectivity index is 1.36. The van der Waals surface area contributed by atoms with Crippen LogP contribution in [0.3, 0.4) is 0 Å². The van der Waals surface area contributed by atoms with E-state index in [0.29, 0.717) is 34.6 Å². The molecule has 4 aliphatic rings. The zero-order valence-electron chi connectivity index (χ0n) is 45.3. The van der Waals surface area contributed by atoms with E-state index in [-0.39, 0.29) is 55.3 Å². The molecule has 7 atom stereocenters. The summed E-state index contributed by atoms with van der Waals surface area (Å²) < 4.78 is 39.0. The van der Waals surface area contributed by atoms with Gasteiger partial charge in [-0.05, 0) is 88.2 Å². The summed E-state index contributed by atoms with van der Waals surface area (Å²) in [6.45, 7) is 3.12. The van der Waals surface area contributed by atoms with Crippen LogP contribution in [-0.2, 0) is 66.1 Å². The lowest BCUT2D eigenvalue weighted by atomic mass is 9.64. The number of urea groups is 1. The summed E-state index contributed by atoms with van der Waals surface area (Å²) in [7, 11) is 6.48. The summed E-state index contributed by atoms with van der Waals surface area (Å²) in [5.41, 5.74) is 1.36. The summed E-state index contributed by atoms with van der Waals surface area (Å²) in [6.07, 6.45) is -1.03. The van der Waals surface area contributed by atoms with Crippen molar-refractivity contribution in [3.05, 3.63) is 154 Å². The molecule has 2 N–H and O–H groups in total. The fourth-order valence-electron chi connectivity index (χ4n) is 11.8. The van der Waals surface area contributed by atoms with E-state index in [1.165, 1.54) is 33.5 Å². The molecule has 0 saturated carbocycles. The maximum atomic E-state index is 17.1. The second-order valence-electron chi connectivity index (χ2n) is 20.1. The van der Waals surface area contributed by atoms with Crippen molar-refractivity contribution >= 4 is 47.4 Å². The third-order valence-electron chi connectivity index (χ3n) is 15.4. The molecule has 4 aliphatic heterocycles. The quantitative estimate of drug-likeness (QED) is 0.0536. The Kier molecular flexibility index (Phi) is 16.6. The Morgan fingerprint density at radius 2 is 1.39 bits per heavy atom. The number of amides is 4. The van der Waals surface area contributed by atoms with Crippen LogP contribution < -0.4 is 24.4 Å². The van der Waals surface area contributed by atoms with Gasteiger partial charge < -0.3 is 48.5 Å². The van der Waals surface area contributed by atoms with Crippen LogP contribution in [0.5, 0.6) is 17.2 Å². The molecular formula is C61H62N4O15. The summed E-state index contributed by atoms with van der Waals surface area (Å²) in [5.74, 6) is -1.37. The van der Waals surface area contributed by atoms with Crippen molar-refractivity contribution in [3.8, 4) is 29.1 Å². The van der Waals surface area contributed by atoms with Crippen LogP contribution in [0.1, 0.15) is 77.4 Å². The Bertz CT molecular complexity index is 3250. The van der Waals surface area contributed by atoms with Crippen LogP contribution in [0.25, 0.3) is 0 Å². The van der Waals surface area contributed by atoms with Gasteiger partial charge in [-0.15, -0.1) is 0 Å². The molecule has 9 rings (SSSR count). The molecule has 4 heterocycles. The first-order chi connectivity index (χ1) is 38.7. The number of nitrogens with one attached hydrogen (secondary N) is 1. The smallest absolute Gasteiger partial charge is 0.329 e. The van der Waals surface area contributed by atoms with E-state index < -0.39 is 95.2 Å².